The van der Waals surface area contributed by atoms with Crippen molar-refractivity contribution in [3.8, 4) is 0 Å². The summed E-state index contributed by atoms with van der Waals surface area (Å²) in [5.41, 5.74) is 0. The molecule has 0 heterocycles. The van der Waals surface area contributed by atoms with Crippen LogP contribution < -0.4 is 0 Å². The molecule has 13 heavy (non-hydrogen) atoms. The molecule has 0 radical (unpaired) electrons. The fourth-order valence-corrected chi connectivity index (χ4v) is 2.00. The molecule has 0 fully saturated rings. The summed E-state index contributed by atoms with van der Waals surface area (Å²) in [7, 11) is -2.91. The van der Waals surface area contributed by atoms with Gasteiger partial charge in [-0.2, -0.15) is 0 Å². The molecule has 0 rings (SSSR count). The van der Waals surface area contributed by atoms with Crippen LogP contribution in [0.1, 0.15) is 40.0 Å². The van der Waals surface area contributed by atoms with Crippen LogP contribution in [0.5, 0.6) is 0 Å². The SMILES string of the molecule is CCC(O)CCCS(=O)(=O)C(C)C. The van der Waals surface area contributed by atoms with Crippen LogP contribution in [0.3, 0.4) is 0 Å². The van der Waals surface area contributed by atoms with E-state index >= 15 is 0 Å². The number of rotatable bonds is 6. The van der Waals surface area contributed by atoms with Crippen LogP contribution in [-0.4, -0.2) is 30.6 Å². The molecule has 0 aliphatic carbocycles. The van der Waals surface area contributed by atoms with Crippen molar-refractivity contribution in [2.45, 2.75) is 51.4 Å². The summed E-state index contributed by atoms with van der Waals surface area (Å²) < 4.78 is 22.6. The predicted molar refractivity (Wildman–Crippen MR) is 54.5 cm³/mol. The highest BCUT2D eigenvalue weighted by Gasteiger charge is 2.15. The van der Waals surface area contributed by atoms with Crippen molar-refractivity contribution in [2.24, 2.45) is 0 Å². The van der Waals surface area contributed by atoms with Gasteiger partial charge < -0.3 is 5.11 Å². The molecule has 0 saturated heterocycles. The number of sulfone groups is 1. The highest BCUT2D eigenvalue weighted by atomic mass is 32.2. The molecular weight excluding hydrogens is 188 g/mol. The molecule has 0 aromatic carbocycles. The summed E-state index contributed by atoms with van der Waals surface area (Å²) in [6, 6.07) is 0. The highest BCUT2D eigenvalue weighted by molar-refractivity contribution is 7.91. The Morgan fingerprint density at radius 1 is 1.31 bits per heavy atom. The molecule has 1 unspecified atom stereocenters. The minimum Gasteiger partial charge on any atom is -0.393 e. The average molecular weight is 208 g/mol. The van der Waals surface area contributed by atoms with Gasteiger partial charge in [0, 0.05) is 0 Å². The van der Waals surface area contributed by atoms with Crippen LogP contribution in [0.15, 0.2) is 0 Å². The van der Waals surface area contributed by atoms with E-state index in [2.05, 4.69) is 0 Å². The van der Waals surface area contributed by atoms with Gasteiger partial charge in [0.1, 0.15) is 0 Å². The monoisotopic (exact) mass is 208 g/mol. The summed E-state index contributed by atoms with van der Waals surface area (Å²) in [4.78, 5) is 0. The fourth-order valence-electron chi connectivity index (χ4n) is 0.960. The van der Waals surface area contributed by atoms with Gasteiger partial charge >= 0.3 is 0 Å². The van der Waals surface area contributed by atoms with E-state index < -0.39 is 9.84 Å². The maximum atomic E-state index is 11.3. The number of hydrogen-bond acceptors (Lipinski definition) is 3. The van der Waals surface area contributed by atoms with Crippen LogP contribution in [0.4, 0.5) is 0 Å². The third-order valence-corrected chi connectivity index (χ3v) is 4.45. The summed E-state index contributed by atoms with van der Waals surface area (Å²) in [5, 5.41) is 8.90. The Bertz CT molecular complexity index is 219. The fraction of sp³-hybridized carbons (Fsp3) is 1.00. The zero-order chi connectivity index (χ0) is 10.5. The van der Waals surface area contributed by atoms with Gasteiger partial charge in [0.15, 0.2) is 9.84 Å². The van der Waals surface area contributed by atoms with E-state index in [1.807, 2.05) is 6.92 Å². The zero-order valence-electron chi connectivity index (χ0n) is 8.66. The van der Waals surface area contributed by atoms with E-state index in [9.17, 15) is 13.5 Å². The standard InChI is InChI=1S/C9H20O3S/c1-4-9(10)6-5-7-13(11,12)8(2)3/h8-10H,4-7H2,1-3H3. The third kappa shape index (κ3) is 5.26. The van der Waals surface area contributed by atoms with Crippen LogP contribution in [0.25, 0.3) is 0 Å². The van der Waals surface area contributed by atoms with E-state index in [1.165, 1.54) is 0 Å². The molecule has 0 aromatic rings. The van der Waals surface area contributed by atoms with Crippen molar-refractivity contribution in [3.63, 3.8) is 0 Å². The van der Waals surface area contributed by atoms with E-state index in [0.29, 0.717) is 19.3 Å². The Balaban J connectivity index is 3.78. The van der Waals surface area contributed by atoms with Crippen molar-refractivity contribution in [3.05, 3.63) is 0 Å². The molecule has 1 atom stereocenters. The minimum atomic E-state index is -2.91. The Morgan fingerprint density at radius 2 is 1.85 bits per heavy atom. The number of aliphatic hydroxyl groups is 1. The predicted octanol–water partition coefficient (Wildman–Crippen LogP) is 1.36. The zero-order valence-corrected chi connectivity index (χ0v) is 9.47. The van der Waals surface area contributed by atoms with Gasteiger partial charge in [-0.3, -0.25) is 0 Å². The van der Waals surface area contributed by atoms with Gasteiger partial charge in [0.2, 0.25) is 0 Å². The van der Waals surface area contributed by atoms with Crippen LogP contribution >= 0.6 is 0 Å². The average Bonchev–Trinajstić information content (AvgIpc) is 2.03. The third-order valence-electron chi connectivity index (χ3n) is 2.16. The normalized spacial score (nSPS) is 14.8. The van der Waals surface area contributed by atoms with E-state index in [4.69, 9.17) is 0 Å². The lowest BCUT2D eigenvalue weighted by atomic mass is 10.2. The molecule has 1 N–H and O–H groups in total. The summed E-state index contributed by atoms with van der Waals surface area (Å²) in [6.07, 6.45) is 1.50. The van der Waals surface area contributed by atoms with Crippen molar-refractivity contribution in [2.75, 3.05) is 5.75 Å². The van der Waals surface area contributed by atoms with Gasteiger partial charge in [0.25, 0.3) is 0 Å². The number of aliphatic hydroxyl groups excluding tert-OH is 1. The van der Waals surface area contributed by atoms with E-state index in [0.717, 1.165) is 0 Å². The first-order valence-corrected chi connectivity index (χ1v) is 6.51. The second-order valence-corrected chi connectivity index (χ2v) is 6.30. The highest BCUT2D eigenvalue weighted by Crippen LogP contribution is 2.07. The Kier molecular flexibility index (Phi) is 5.56. The topological polar surface area (TPSA) is 54.4 Å². The first kappa shape index (κ1) is 12.9. The van der Waals surface area contributed by atoms with E-state index in [1.54, 1.807) is 13.8 Å². The van der Waals surface area contributed by atoms with Crippen molar-refractivity contribution < 1.29 is 13.5 Å². The smallest absolute Gasteiger partial charge is 0.152 e. The lowest BCUT2D eigenvalue weighted by Crippen LogP contribution is -2.18. The maximum absolute atomic E-state index is 11.3. The van der Waals surface area contributed by atoms with Gasteiger partial charge in [-0.1, -0.05) is 6.92 Å². The lowest BCUT2D eigenvalue weighted by Gasteiger charge is -2.09. The Morgan fingerprint density at radius 3 is 2.23 bits per heavy atom. The molecule has 0 spiro atoms. The summed E-state index contributed by atoms with van der Waals surface area (Å²) in [6.45, 7) is 5.26. The summed E-state index contributed by atoms with van der Waals surface area (Å²) >= 11 is 0. The molecule has 0 bridgehead atoms. The van der Waals surface area contributed by atoms with Crippen LogP contribution in [0.2, 0.25) is 0 Å². The first-order chi connectivity index (χ1) is 5.90. The summed E-state index contributed by atoms with van der Waals surface area (Å²) in [5.74, 6) is 0.196. The minimum absolute atomic E-state index is 0.196. The molecule has 0 aromatic heterocycles. The second-order valence-electron chi connectivity index (χ2n) is 3.62. The largest absolute Gasteiger partial charge is 0.393 e. The van der Waals surface area contributed by atoms with Gasteiger partial charge in [-0.25, -0.2) is 8.42 Å². The van der Waals surface area contributed by atoms with Gasteiger partial charge in [-0.15, -0.1) is 0 Å². The van der Waals surface area contributed by atoms with Gasteiger partial charge in [0.05, 0.1) is 17.1 Å². The van der Waals surface area contributed by atoms with Crippen LogP contribution in [-0.2, 0) is 9.84 Å². The van der Waals surface area contributed by atoms with Gasteiger partial charge in [-0.05, 0) is 33.1 Å². The maximum Gasteiger partial charge on any atom is 0.152 e. The van der Waals surface area contributed by atoms with E-state index in [-0.39, 0.29) is 17.1 Å². The Labute approximate surface area is 81.1 Å². The van der Waals surface area contributed by atoms with Crippen LogP contribution in [0, 0.1) is 0 Å². The Hall–Kier alpha value is -0.0900. The molecule has 0 amide bonds. The number of hydrogen-bond donors (Lipinski definition) is 1. The van der Waals surface area contributed by atoms with Crippen molar-refractivity contribution >= 4 is 9.84 Å². The first-order valence-electron chi connectivity index (χ1n) is 4.79. The molecule has 3 nitrogen and oxygen atoms in total. The van der Waals surface area contributed by atoms with Crippen molar-refractivity contribution in [1.29, 1.82) is 0 Å². The molecule has 0 aliphatic heterocycles. The molecule has 0 saturated carbocycles. The quantitative estimate of drug-likeness (QED) is 0.717. The lowest BCUT2D eigenvalue weighted by molar-refractivity contribution is 0.159. The van der Waals surface area contributed by atoms with Crippen molar-refractivity contribution in [1.82, 2.24) is 0 Å². The molecule has 4 heteroatoms. The molecule has 80 valence electrons. The second kappa shape index (κ2) is 5.60. The molecular formula is C9H20O3S. The molecule has 0 aliphatic rings.